The van der Waals surface area contributed by atoms with Crippen LogP contribution in [0.25, 0.3) is 0 Å². The maximum Gasteiger partial charge on any atom is 0.328 e. The van der Waals surface area contributed by atoms with Crippen molar-refractivity contribution >= 4 is 33.7 Å². The predicted octanol–water partition coefficient (Wildman–Crippen LogP) is 0.631. The van der Waals surface area contributed by atoms with Gasteiger partial charge in [0, 0.05) is 30.8 Å². The van der Waals surface area contributed by atoms with Crippen molar-refractivity contribution in [2.24, 2.45) is 0 Å². The highest BCUT2D eigenvalue weighted by Crippen LogP contribution is 2.19. The van der Waals surface area contributed by atoms with E-state index in [2.05, 4.69) is 21.2 Å². The van der Waals surface area contributed by atoms with E-state index in [1.165, 1.54) is 18.9 Å². The molecule has 1 aliphatic rings. The Hall–Kier alpha value is -1.93. The molecule has 2 amide bonds. The standard InChI is InChI=1S/C17H21BrN2O5/c1-10(21)20-9-13(22)8-15(20)16(23)19-14(17(24)25-2)7-11-4-3-5-12(18)6-11/h3-6,13-15,22H,7-9H2,1-2H3,(H,19,23)/t13-,14+,15+/m1/s1. The molecule has 0 aliphatic carbocycles. The Morgan fingerprint density at radius 1 is 1.44 bits per heavy atom. The summed E-state index contributed by atoms with van der Waals surface area (Å²) in [5, 5.41) is 12.4. The van der Waals surface area contributed by atoms with Crippen molar-refractivity contribution in [2.75, 3.05) is 13.7 Å². The fourth-order valence-electron chi connectivity index (χ4n) is 2.91. The molecule has 0 aromatic heterocycles. The molecule has 2 N–H and O–H groups in total. The van der Waals surface area contributed by atoms with Crippen LogP contribution in [0.3, 0.4) is 0 Å². The van der Waals surface area contributed by atoms with Crippen molar-refractivity contribution in [1.82, 2.24) is 10.2 Å². The highest BCUT2D eigenvalue weighted by atomic mass is 79.9. The van der Waals surface area contributed by atoms with Crippen LogP contribution in [0.15, 0.2) is 28.7 Å². The van der Waals surface area contributed by atoms with Gasteiger partial charge in [-0.25, -0.2) is 4.79 Å². The third kappa shape index (κ3) is 5.02. The summed E-state index contributed by atoms with van der Waals surface area (Å²) in [7, 11) is 1.25. The molecule has 1 aliphatic heterocycles. The van der Waals surface area contributed by atoms with E-state index in [0.29, 0.717) is 0 Å². The number of likely N-dealkylation sites (tertiary alicyclic amines) is 1. The molecule has 7 nitrogen and oxygen atoms in total. The fraction of sp³-hybridized carbons (Fsp3) is 0.471. The molecule has 3 atom stereocenters. The van der Waals surface area contributed by atoms with Crippen LogP contribution in [-0.2, 0) is 25.5 Å². The maximum absolute atomic E-state index is 12.6. The summed E-state index contributed by atoms with van der Waals surface area (Å²) in [6, 6.07) is 5.72. The van der Waals surface area contributed by atoms with E-state index in [-0.39, 0.29) is 25.3 Å². The fourth-order valence-corrected chi connectivity index (χ4v) is 3.36. The summed E-state index contributed by atoms with van der Waals surface area (Å²) in [4.78, 5) is 37.6. The molecule has 136 valence electrons. The molecule has 0 saturated carbocycles. The molecule has 1 fully saturated rings. The third-order valence-electron chi connectivity index (χ3n) is 4.12. The number of ether oxygens (including phenoxy) is 1. The number of benzene rings is 1. The lowest BCUT2D eigenvalue weighted by Gasteiger charge is -2.24. The summed E-state index contributed by atoms with van der Waals surface area (Å²) in [6.07, 6.45) is -0.343. The Morgan fingerprint density at radius 3 is 2.76 bits per heavy atom. The van der Waals surface area contributed by atoms with E-state index in [4.69, 9.17) is 4.74 Å². The number of hydrogen-bond acceptors (Lipinski definition) is 5. The maximum atomic E-state index is 12.6. The number of methoxy groups -OCH3 is 1. The summed E-state index contributed by atoms with van der Waals surface area (Å²) < 4.78 is 5.64. The van der Waals surface area contributed by atoms with Crippen LogP contribution >= 0.6 is 15.9 Å². The third-order valence-corrected chi connectivity index (χ3v) is 4.61. The van der Waals surface area contributed by atoms with Crippen molar-refractivity contribution in [3.05, 3.63) is 34.3 Å². The predicted molar refractivity (Wildman–Crippen MR) is 93.6 cm³/mol. The summed E-state index contributed by atoms with van der Waals surface area (Å²) in [5.74, 6) is -1.34. The number of amides is 2. The molecule has 1 aromatic carbocycles. The molecule has 1 saturated heterocycles. The van der Waals surface area contributed by atoms with Gasteiger partial charge in [0.1, 0.15) is 12.1 Å². The van der Waals surface area contributed by atoms with Gasteiger partial charge in [0.15, 0.2) is 0 Å². The zero-order valence-corrected chi connectivity index (χ0v) is 15.7. The van der Waals surface area contributed by atoms with Crippen molar-refractivity contribution in [3.8, 4) is 0 Å². The number of nitrogens with zero attached hydrogens (tertiary/aromatic N) is 1. The van der Waals surface area contributed by atoms with E-state index < -0.39 is 30.1 Å². The van der Waals surface area contributed by atoms with Crippen molar-refractivity contribution in [2.45, 2.75) is 38.0 Å². The van der Waals surface area contributed by atoms with E-state index in [9.17, 15) is 19.5 Å². The van der Waals surface area contributed by atoms with Crippen LogP contribution in [0, 0.1) is 0 Å². The van der Waals surface area contributed by atoms with Crippen LogP contribution in [0.5, 0.6) is 0 Å². The van der Waals surface area contributed by atoms with Gasteiger partial charge in [-0.05, 0) is 17.7 Å². The van der Waals surface area contributed by atoms with Gasteiger partial charge in [-0.1, -0.05) is 28.1 Å². The minimum absolute atomic E-state index is 0.113. The Bertz CT molecular complexity index is 666. The monoisotopic (exact) mass is 412 g/mol. The van der Waals surface area contributed by atoms with Crippen molar-refractivity contribution in [3.63, 3.8) is 0 Å². The van der Waals surface area contributed by atoms with Crippen LogP contribution in [0.2, 0.25) is 0 Å². The molecule has 0 radical (unpaired) electrons. The lowest BCUT2D eigenvalue weighted by atomic mass is 10.1. The second kappa shape index (κ2) is 8.44. The number of β-amino-alcohol motifs (C(OH)–C–C–N with tert-alkyl or cyclic N) is 1. The molecule has 1 heterocycles. The highest BCUT2D eigenvalue weighted by Gasteiger charge is 2.38. The topological polar surface area (TPSA) is 95.9 Å². The Balaban J connectivity index is 2.12. The van der Waals surface area contributed by atoms with E-state index in [0.717, 1.165) is 10.0 Å². The number of hydrogen-bond donors (Lipinski definition) is 2. The van der Waals surface area contributed by atoms with Crippen molar-refractivity contribution < 1.29 is 24.2 Å². The van der Waals surface area contributed by atoms with Gasteiger partial charge in [-0.3, -0.25) is 9.59 Å². The van der Waals surface area contributed by atoms with Gasteiger partial charge in [0.05, 0.1) is 13.2 Å². The number of carbonyl (C=O) groups excluding carboxylic acids is 3. The second-order valence-corrected chi connectivity index (χ2v) is 6.91. The van der Waals surface area contributed by atoms with Gasteiger partial charge < -0.3 is 20.1 Å². The second-order valence-electron chi connectivity index (χ2n) is 6.00. The number of rotatable bonds is 5. The Kier molecular flexibility index (Phi) is 6.55. The summed E-state index contributed by atoms with van der Waals surface area (Å²) >= 11 is 3.37. The zero-order chi connectivity index (χ0) is 18.6. The van der Waals surface area contributed by atoms with E-state index in [1.807, 2.05) is 24.3 Å². The number of halogens is 1. The molecular formula is C17H21BrN2O5. The molecule has 2 rings (SSSR count). The Morgan fingerprint density at radius 2 is 2.16 bits per heavy atom. The normalized spacial score (nSPS) is 20.9. The molecule has 25 heavy (non-hydrogen) atoms. The van der Waals surface area contributed by atoms with Crippen LogP contribution in [0.4, 0.5) is 0 Å². The van der Waals surface area contributed by atoms with E-state index >= 15 is 0 Å². The van der Waals surface area contributed by atoms with Crippen LogP contribution in [-0.4, -0.2) is 59.6 Å². The van der Waals surface area contributed by atoms with Crippen LogP contribution in [0.1, 0.15) is 18.9 Å². The minimum Gasteiger partial charge on any atom is -0.467 e. The average Bonchev–Trinajstić information content (AvgIpc) is 2.96. The van der Waals surface area contributed by atoms with E-state index in [1.54, 1.807) is 0 Å². The Labute approximate surface area is 154 Å². The van der Waals surface area contributed by atoms with Gasteiger partial charge >= 0.3 is 5.97 Å². The van der Waals surface area contributed by atoms with Gasteiger partial charge in [-0.15, -0.1) is 0 Å². The van der Waals surface area contributed by atoms with Crippen molar-refractivity contribution in [1.29, 1.82) is 0 Å². The number of nitrogens with one attached hydrogen (secondary N) is 1. The molecule has 1 aromatic rings. The first kappa shape index (κ1) is 19.4. The largest absolute Gasteiger partial charge is 0.467 e. The first-order chi connectivity index (χ1) is 11.8. The molecule has 8 heteroatoms. The molecule has 0 spiro atoms. The lowest BCUT2D eigenvalue weighted by molar-refractivity contribution is -0.146. The van der Waals surface area contributed by atoms with Gasteiger partial charge in [-0.2, -0.15) is 0 Å². The quantitative estimate of drug-likeness (QED) is 0.691. The first-order valence-electron chi connectivity index (χ1n) is 7.89. The smallest absolute Gasteiger partial charge is 0.328 e. The SMILES string of the molecule is COC(=O)[C@H](Cc1cccc(Br)c1)NC(=O)[C@@H]1C[C@@H](O)CN1C(C)=O. The number of aliphatic hydroxyl groups is 1. The summed E-state index contributed by atoms with van der Waals surface area (Å²) in [5.41, 5.74) is 0.847. The number of aliphatic hydroxyl groups excluding tert-OH is 1. The number of esters is 1. The molecular weight excluding hydrogens is 392 g/mol. The molecule has 0 bridgehead atoms. The summed E-state index contributed by atoms with van der Waals surface area (Å²) in [6.45, 7) is 1.46. The minimum atomic E-state index is -0.877. The highest BCUT2D eigenvalue weighted by molar-refractivity contribution is 9.10. The van der Waals surface area contributed by atoms with Crippen LogP contribution < -0.4 is 5.32 Å². The molecule has 0 unspecified atom stereocenters. The average molecular weight is 413 g/mol. The first-order valence-corrected chi connectivity index (χ1v) is 8.69. The lowest BCUT2D eigenvalue weighted by Crippen LogP contribution is -2.51. The zero-order valence-electron chi connectivity index (χ0n) is 14.1. The number of carbonyl (C=O) groups is 3. The van der Waals surface area contributed by atoms with Gasteiger partial charge in [0.2, 0.25) is 11.8 Å². The van der Waals surface area contributed by atoms with Gasteiger partial charge in [0.25, 0.3) is 0 Å².